The normalized spacial score (nSPS) is 12.9. The third-order valence-electron chi connectivity index (χ3n) is 5.11. The van der Waals surface area contributed by atoms with Gasteiger partial charge in [0.2, 0.25) is 0 Å². The second kappa shape index (κ2) is 10.0. The van der Waals surface area contributed by atoms with E-state index in [1.165, 1.54) is 59.3 Å². The molecule has 3 aromatic heterocycles. The highest BCUT2D eigenvalue weighted by Gasteiger charge is 2.17. The van der Waals surface area contributed by atoms with Gasteiger partial charge in [0, 0.05) is 6.54 Å². The predicted octanol–water partition coefficient (Wildman–Crippen LogP) is 7.55. The van der Waals surface area contributed by atoms with Crippen LogP contribution >= 0.6 is 54.5 Å². The molecule has 0 spiro atoms. The molecule has 1 atom stereocenters. The lowest BCUT2D eigenvalue weighted by Crippen LogP contribution is -2.32. The molecule has 0 aliphatic rings. The number of halogens is 2. The number of nitrogens with zero attached hydrogens (tertiary/aromatic N) is 1. The Balaban J connectivity index is 1.90. The van der Waals surface area contributed by atoms with E-state index in [1.807, 2.05) is 12.1 Å². The van der Waals surface area contributed by atoms with Gasteiger partial charge in [-0.1, -0.05) is 52.4 Å². The lowest BCUT2D eigenvalue weighted by molar-refractivity contribution is 0.416. The number of rotatable bonds is 9. The van der Waals surface area contributed by atoms with E-state index in [1.54, 1.807) is 0 Å². The number of fused-ring (bicyclic) bond motifs is 3. The van der Waals surface area contributed by atoms with E-state index in [9.17, 15) is 9.59 Å². The van der Waals surface area contributed by atoms with Crippen LogP contribution in [0.2, 0.25) is 0 Å². The molecule has 152 valence electrons. The maximum atomic E-state index is 13.2. The topological polar surface area (TPSA) is 39.1 Å². The molecule has 0 N–H and O–H groups in total. The quantitative estimate of drug-likeness (QED) is 0.260. The molecular weight excluding hydrogens is 522 g/mol. The first-order valence-corrected chi connectivity index (χ1v) is 13.1. The fourth-order valence-corrected chi connectivity index (χ4v) is 6.94. The maximum absolute atomic E-state index is 13.2. The van der Waals surface area contributed by atoms with Crippen molar-refractivity contribution in [3.8, 4) is 0 Å². The number of thiophene rings is 2. The van der Waals surface area contributed by atoms with Crippen LogP contribution in [0.3, 0.4) is 0 Å². The molecule has 0 aromatic carbocycles. The Morgan fingerprint density at radius 1 is 0.893 bits per heavy atom. The van der Waals surface area contributed by atoms with E-state index in [0.717, 1.165) is 29.8 Å². The van der Waals surface area contributed by atoms with Gasteiger partial charge < -0.3 is 0 Å². The van der Waals surface area contributed by atoms with Crippen molar-refractivity contribution in [2.24, 2.45) is 5.92 Å². The van der Waals surface area contributed by atoms with Crippen LogP contribution in [0.25, 0.3) is 20.2 Å². The van der Waals surface area contributed by atoms with Crippen molar-refractivity contribution in [3.05, 3.63) is 40.4 Å². The van der Waals surface area contributed by atoms with E-state index in [4.69, 9.17) is 0 Å². The van der Waals surface area contributed by atoms with Crippen molar-refractivity contribution < 1.29 is 0 Å². The van der Waals surface area contributed by atoms with E-state index >= 15 is 0 Å². The van der Waals surface area contributed by atoms with Gasteiger partial charge in [-0.25, -0.2) is 0 Å². The Bertz CT molecular complexity index is 1010. The van der Waals surface area contributed by atoms with Crippen molar-refractivity contribution >= 4 is 74.7 Å². The van der Waals surface area contributed by atoms with Gasteiger partial charge in [0.15, 0.2) is 0 Å². The molecule has 7 heteroatoms. The Kier molecular flexibility index (Phi) is 7.93. The molecule has 0 amide bonds. The summed E-state index contributed by atoms with van der Waals surface area (Å²) < 4.78 is 5.07. The number of unbranched alkanes of at least 4 members (excludes halogenated alkanes) is 5. The molecule has 0 aliphatic heterocycles. The van der Waals surface area contributed by atoms with Crippen LogP contribution < -0.4 is 11.1 Å². The van der Waals surface area contributed by atoms with Crippen molar-refractivity contribution in [2.45, 2.75) is 65.3 Å². The van der Waals surface area contributed by atoms with Crippen molar-refractivity contribution in [1.82, 2.24) is 4.57 Å². The van der Waals surface area contributed by atoms with Crippen molar-refractivity contribution in [3.63, 3.8) is 0 Å². The zero-order valence-corrected chi connectivity index (χ0v) is 21.0. The Morgan fingerprint density at radius 2 is 1.39 bits per heavy atom. The predicted molar refractivity (Wildman–Crippen MR) is 130 cm³/mol. The molecule has 3 heterocycles. The first kappa shape index (κ1) is 22.2. The van der Waals surface area contributed by atoms with Gasteiger partial charge in [0.25, 0.3) is 11.1 Å². The van der Waals surface area contributed by atoms with Crippen LogP contribution in [0.5, 0.6) is 0 Å². The summed E-state index contributed by atoms with van der Waals surface area (Å²) in [6.45, 7) is 4.85. The van der Waals surface area contributed by atoms with Gasteiger partial charge in [-0.05, 0) is 56.3 Å². The second-order valence-corrected chi connectivity index (χ2v) is 12.3. The Labute approximate surface area is 190 Å². The molecule has 0 aliphatic carbocycles. The smallest absolute Gasteiger partial charge is 0.262 e. The fourth-order valence-electron chi connectivity index (χ4n) is 3.60. The fraction of sp³-hybridized carbons (Fsp3) is 0.524. The SMILES string of the molecule is CCCCCCCCC(C)Cn1c(=O)c2cc(Br)sc2c2sc(Br)cc2c1=O. The molecule has 3 aromatic rings. The third-order valence-corrected chi connectivity index (χ3v) is 8.55. The minimum absolute atomic E-state index is 0.170. The summed E-state index contributed by atoms with van der Waals surface area (Å²) in [5.74, 6) is 0.299. The lowest BCUT2D eigenvalue weighted by atomic mass is 10.0. The maximum Gasteiger partial charge on any atom is 0.262 e. The van der Waals surface area contributed by atoms with Gasteiger partial charge in [0.1, 0.15) is 0 Å². The molecule has 0 fully saturated rings. The second-order valence-electron chi connectivity index (χ2n) is 7.47. The summed E-state index contributed by atoms with van der Waals surface area (Å²) in [4.78, 5) is 26.4. The third kappa shape index (κ3) is 4.97. The minimum atomic E-state index is -0.170. The summed E-state index contributed by atoms with van der Waals surface area (Å²) in [6.07, 6.45) is 8.59. The molecule has 0 saturated heterocycles. The zero-order valence-electron chi connectivity index (χ0n) is 16.2. The number of aromatic nitrogens is 1. The highest BCUT2D eigenvalue weighted by Crippen LogP contribution is 2.37. The monoisotopic (exact) mass is 545 g/mol. The number of hydrogen-bond acceptors (Lipinski definition) is 4. The first-order chi connectivity index (χ1) is 13.4. The summed E-state index contributed by atoms with van der Waals surface area (Å²) in [6, 6.07) is 3.70. The van der Waals surface area contributed by atoms with Crippen LogP contribution in [-0.2, 0) is 6.54 Å². The standard InChI is InChI=1S/C21H25Br2NO2S2/c1-3-4-5-6-7-8-9-13(2)12-24-20(25)14-10-16(22)27-18(14)19-15(21(24)26)11-17(23)28-19/h10-11,13H,3-9,12H2,1-2H3. The van der Waals surface area contributed by atoms with Gasteiger partial charge in [-0.2, -0.15) is 0 Å². The van der Waals surface area contributed by atoms with Crippen molar-refractivity contribution in [1.29, 1.82) is 0 Å². The average Bonchev–Trinajstić information content (AvgIpc) is 3.22. The zero-order chi connectivity index (χ0) is 20.3. The minimum Gasteiger partial charge on any atom is -0.274 e. The van der Waals surface area contributed by atoms with E-state index < -0.39 is 0 Å². The summed E-state index contributed by atoms with van der Waals surface area (Å²) in [5.41, 5.74) is -0.340. The van der Waals surface area contributed by atoms with Gasteiger partial charge >= 0.3 is 0 Å². The van der Waals surface area contributed by atoms with Crippen LogP contribution in [0.4, 0.5) is 0 Å². The number of hydrogen-bond donors (Lipinski definition) is 0. The summed E-state index contributed by atoms with van der Waals surface area (Å²) in [5, 5.41) is 1.26. The molecule has 1 unspecified atom stereocenters. The molecule has 0 saturated carbocycles. The van der Waals surface area contributed by atoms with Crippen LogP contribution in [0, 0.1) is 5.92 Å². The Hall–Kier alpha value is -0.500. The summed E-state index contributed by atoms with van der Waals surface area (Å²) in [7, 11) is 0. The molecule has 0 radical (unpaired) electrons. The first-order valence-electron chi connectivity index (χ1n) is 9.87. The molecule has 28 heavy (non-hydrogen) atoms. The highest BCUT2D eigenvalue weighted by molar-refractivity contribution is 9.11. The van der Waals surface area contributed by atoms with E-state index in [-0.39, 0.29) is 11.1 Å². The molecule has 3 nitrogen and oxygen atoms in total. The molecule has 0 bridgehead atoms. The summed E-state index contributed by atoms with van der Waals surface area (Å²) >= 11 is 10.0. The van der Waals surface area contributed by atoms with Crippen molar-refractivity contribution in [2.75, 3.05) is 0 Å². The van der Waals surface area contributed by atoms with E-state index in [0.29, 0.717) is 23.2 Å². The van der Waals surface area contributed by atoms with Gasteiger partial charge in [-0.3, -0.25) is 14.2 Å². The lowest BCUT2D eigenvalue weighted by Gasteiger charge is -2.12. The average molecular weight is 547 g/mol. The Morgan fingerprint density at radius 3 is 1.93 bits per heavy atom. The van der Waals surface area contributed by atoms with Gasteiger partial charge in [0.05, 0.1) is 27.7 Å². The largest absolute Gasteiger partial charge is 0.274 e. The van der Waals surface area contributed by atoms with Crippen LogP contribution in [-0.4, -0.2) is 4.57 Å². The van der Waals surface area contributed by atoms with Gasteiger partial charge in [-0.15, -0.1) is 22.7 Å². The van der Waals surface area contributed by atoms with Crippen LogP contribution in [0.15, 0.2) is 29.3 Å². The highest BCUT2D eigenvalue weighted by atomic mass is 79.9. The molecular formula is C21H25Br2NO2S2. The molecule has 3 rings (SSSR count). The van der Waals surface area contributed by atoms with Crippen LogP contribution in [0.1, 0.15) is 58.8 Å². The van der Waals surface area contributed by atoms with E-state index in [2.05, 4.69) is 45.7 Å².